The maximum absolute atomic E-state index is 9.83. The smallest absolute Gasteiger partial charge is 0.0789 e. The lowest BCUT2D eigenvalue weighted by Gasteiger charge is -2.27. The van der Waals surface area contributed by atoms with Crippen LogP contribution in [0, 0.1) is 0 Å². The summed E-state index contributed by atoms with van der Waals surface area (Å²) in [7, 11) is 0. The van der Waals surface area contributed by atoms with Crippen LogP contribution in [0.4, 0.5) is 5.69 Å². The third-order valence-electron chi connectivity index (χ3n) is 3.02. The molecule has 1 aromatic carbocycles. The van der Waals surface area contributed by atoms with E-state index in [0.29, 0.717) is 5.92 Å². The Hall–Kier alpha value is -1.02. The molecule has 0 bridgehead atoms. The average molecular weight is 221 g/mol. The Kier molecular flexibility index (Phi) is 3.98. The largest absolute Gasteiger partial charge is 0.388 e. The highest BCUT2D eigenvalue weighted by Gasteiger charge is 2.21. The van der Waals surface area contributed by atoms with E-state index in [-0.39, 0.29) is 6.04 Å². The zero-order chi connectivity index (χ0) is 12.3. The molecule has 90 valence electrons. The molecular weight excluding hydrogens is 198 g/mol. The Bertz CT molecular complexity index is 322. The van der Waals surface area contributed by atoms with Gasteiger partial charge in [0.1, 0.15) is 0 Å². The fourth-order valence-corrected chi connectivity index (χ4v) is 1.39. The Morgan fingerprint density at radius 1 is 1.06 bits per heavy atom. The van der Waals surface area contributed by atoms with Crippen LogP contribution < -0.4 is 5.32 Å². The van der Waals surface area contributed by atoms with Crippen molar-refractivity contribution in [3.63, 3.8) is 0 Å². The first-order valence-electron chi connectivity index (χ1n) is 5.89. The molecule has 2 N–H and O–H groups in total. The van der Waals surface area contributed by atoms with Crippen LogP contribution in [0.3, 0.4) is 0 Å². The topological polar surface area (TPSA) is 32.3 Å². The first-order valence-corrected chi connectivity index (χ1v) is 5.89. The van der Waals surface area contributed by atoms with Crippen molar-refractivity contribution in [3.05, 3.63) is 29.8 Å². The van der Waals surface area contributed by atoms with Crippen molar-refractivity contribution in [2.45, 2.75) is 52.2 Å². The molecule has 16 heavy (non-hydrogen) atoms. The molecule has 1 atom stereocenters. The molecular formula is C14H23NO. The Balaban J connectivity index is 2.69. The van der Waals surface area contributed by atoms with E-state index in [9.17, 15) is 5.11 Å². The molecule has 2 nitrogen and oxygen atoms in total. The lowest BCUT2D eigenvalue weighted by molar-refractivity contribution is 0.0649. The maximum Gasteiger partial charge on any atom is 0.0789 e. The number of hydrogen-bond donors (Lipinski definition) is 2. The molecule has 0 aliphatic carbocycles. The normalized spacial score (nSPS) is 13.9. The standard InChI is InChI=1S/C14H23NO/c1-10(2)12-6-8-13(9-7-12)15-11(3)14(4,5)16/h6-11,15-16H,1-5H3. The maximum atomic E-state index is 9.83. The number of anilines is 1. The molecule has 0 spiro atoms. The minimum atomic E-state index is -0.712. The van der Waals surface area contributed by atoms with Crippen LogP contribution in [-0.4, -0.2) is 16.7 Å². The summed E-state index contributed by atoms with van der Waals surface area (Å²) in [5.74, 6) is 0.556. The van der Waals surface area contributed by atoms with Crippen molar-refractivity contribution in [2.24, 2.45) is 0 Å². The molecule has 1 rings (SSSR count). The highest BCUT2D eigenvalue weighted by Crippen LogP contribution is 2.19. The van der Waals surface area contributed by atoms with E-state index in [0.717, 1.165) is 5.69 Å². The van der Waals surface area contributed by atoms with Crippen LogP contribution in [-0.2, 0) is 0 Å². The number of aliphatic hydroxyl groups is 1. The summed E-state index contributed by atoms with van der Waals surface area (Å²) >= 11 is 0. The predicted octanol–water partition coefficient (Wildman–Crippen LogP) is 3.38. The lowest BCUT2D eigenvalue weighted by atomic mass is 9.99. The van der Waals surface area contributed by atoms with Gasteiger partial charge in [-0.3, -0.25) is 0 Å². The second-order valence-electron chi connectivity index (χ2n) is 5.30. The Morgan fingerprint density at radius 3 is 1.94 bits per heavy atom. The van der Waals surface area contributed by atoms with E-state index < -0.39 is 5.60 Å². The van der Waals surface area contributed by atoms with Gasteiger partial charge in [-0.1, -0.05) is 26.0 Å². The summed E-state index contributed by atoms with van der Waals surface area (Å²) < 4.78 is 0. The summed E-state index contributed by atoms with van der Waals surface area (Å²) in [5, 5.41) is 13.1. The molecule has 0 amide bonds. The van der Waals surface area contributed by atoms with E-state index in [2.05, 4.69) is 43.4 Å². The molecule has 1 aromatic rings. The van der Waals surface area contributed by atoms with Crippen LogP contribution in [0.2, 0.25) is 0 Å². The van der Waals surface area contributed by atoms with Gasteiger partial charge in [-0.2, -0.15) is 0 Å². The third-order valence-corrected chi connectivity index (χ3v) is 3.02. The molecule has 0 radical (unpaired) electrons. The van der Waals surface area contributed by atoms with Gasteiger partial charge in [0.05, 0.1) is 11.6 Å². The highest BCUT2D eigenvalue weighted by molar-refractivity contribution is 5.46. The lowest BCUT2D eigenvalue weighted by Crippen LogP contribution is -2.39. The molecule has 0 aliphatic rings. The molecule has 0 fully saturated rings. The highest BCUT2D eigenvalue weighted by atomic mass is 16.3. The third kappa shape index (κ3) is 3.53. The fourth-order valence-electron chi connectivity index (χ4n) is 1.39. The Morgan fingerprint density at radius 2 is 1.56 bits per heavy atom. The number of hydrogen-bond acceptors (Lipinski definition) is 2. The molecule has 1 unspecified atom stereocenters. The van der Waals surface area contributed by atoms with Gasteiger partial charge < -0.3 is 10.4 Å². The zero-order valence-electron chi connectivity index (χ0n) is 10.9. The van der Waals surface area contributed by atoms with Crippen LogP contribution in [0.15, 0.2) is 24.3 Å². The van der Waals surface area contributed by atoms with Crippen molar-refractivity contribution in [2.75, 3.05) is 5.32 Å². The van der Waals surface area contributed by atoms with Crippen molar-refractivity contribution < 1.29 is 5.11 Å². The number of nitrogens with one attached hydrogen (secondary N) is 1. The van der Waals surface area contributed by atoms with Gasteiger partial charge in [-0.15, -0.1) is 0 Å². The molecule has 0 aromatic heterocycles. The number of benzene rings is 1. The summed E-state index contributed by atoms with van der Waals surface area (Å²) in [6.07, 6.45) is 0. The van der Waals surface area contributed by atoms with Crippen molar-refractivity contribution in [1.29, 1.82) is 0 Å². The van der Waals surface area contributed by atoms with Crippen LogP contribution >= 0.6 is 0 Å². The molecule has 0 saturated heterocycles. The van der Waals surface area contributed by atoms with Gasteiger partial charge in [0.25, 0.3) is 0 Å². The average Bonchev–Trinajstić information content (AvgIpc) is 2.17. The fraction of sp³-hybridized carbons (Fsp3) is 0.571. The van der Waals surface area contributed by atoms with Crippen molar-refractivity contribution in [3.8, 4) is 0 Å². The Labute approximate surface area is 98.7 Å². The van der Waals surface area contributed by atoms with Gasteiger partial charge in [0.2, 0.25) is 0 Å². The molecule has 0 aliphatic heterocycles. The summed E-state index contributed by atoms with van der Waals surface area (Å²) in [4.78, 5) is 0. The molecule has 2 heteroatoms. The minimum Gasteiger partial charge on any atom is -0.388 e. The SMILES string of the molecule is CC(C)c1ccc(NC(C)C(C)(C)O)cc1. The van der Waals surface area contributed by atoms with E-state index in [1.807, 2.05) is 20.8 Å². The molecule has 0 heterocycles. The van der Waals surface area contributed by atoms with Gasteiger partial charge in [-0.25, -0.2) is 0 Å². The van der Waals surface area contributed by atoms with Crippen LogP contribution in [0.25, 0.3) is 0 Å². The van der Waals surface area contributed by atoms with Crippen LogP contribution in [0.1, 0.15) is 46.1 Å². The van der Waals surface area contributed by atoms with E-state index >= 15 is 0 Å². The van der Waals surface area contributed by atoms with Gasteiger partial charge in [0.15, 0.2) is 0 Å². The second kappa shape index (κ2) is 4.88. The molecule has 0 saturated carbocycles. The summed E-state index contributed by atoms with van der Waals surface area (Å²) in [6.45, 7) is 9.97. The predicted molar refractivity (Wildman–Crippen MR) is 69.9 cm³/mol. The van der Waals surface area contributed by atoms with Gasteiger partial charge in [-0.05, 0) is 44.4 Å². The van der Waals surface area contributed by atoms with E-state index in [1.54, 1.807) is 0 Å². The first kappa shape index (κ1) is 13.0. The quantitative estimate of drug-likeness (QED) is 0.817. The van der Waals surface area contributed by atoms with E-state index in [1.165, 1.54) is 5.56 Å². The minimum absolute atomic E-state index is 0.0254. The monoisotopic (exact) mass is 221 g/mol. The zero-order valence-corrected chi connectivity index (χ0v) is 10.9. The second-order valence-corrected chi connectivity index (χ2v) is 5.30. The van der Waals surface area contributed by atoms with Gasteiger partial charge >= 0.3 is 0 Å². The van der Waals surface area contributed by atoms with Crippen LogP contribution in [0.5, 0.6) is 0 Å². The van der Waals surface area contributed by atoms with E-state index in [4.69, 9.17) is 0 Å². The first-order chi connectivity index (χ1) is 7.30. The van der Waals surface area contributed by atoms with Gasteiger partial charge in [0, 0.05) is 5.69 Å². The van der Waals surface area contributed by atoms with Crippen molar-refractivity contribution in [1.82, 2.24) is 0 Å². The summed E-state index contributed by atoms with van der Waals surface area (Å²) in [6, 6.07) is 8.42. The number of rotatable bonds is 4. The van der Waals surface area contributed by atoms with Crippen molar-refractivity contribution >= 4 is 5.69 Å². The summed E-state index contributed by atoms with van der Waals surface area (Å²) in [5.41, 5.74) is 1.68.